The van der Waals surface area contributed by atoms with Gasteiger partial charge in [-0.1, -0.05) is 48.5 Å². The van der Waals surface area contributed by atoms with Crippen LogP contribution in [0, 0.1) is 0 Å². The van der Waals surface area contributed by atoms with Crippen LogP contribution in [-0.4, -0.2) is 37.5 Å². The van der Waals surface area contributed by atoms with Gasteiger partial charge < -0.3 is 20.1 Å². The zero-order valence-corrected chi connectivity index (χ0v) is 18.6. The van der Waals surface area contributed by atoms with Crippen molar-refractivity contribution in [3.05, 3.63) is 59.7 Å². The molecule has 2 aromatic carbocycles. The van der Waals surface area contributed by atoms with Crippen molar-refractivity contribution in [2.24, 2.45) is 0 Å². The molecule has 0 saturated carbocycles. The van der Waals surface area contributed by atoms with Crippen LogP contribution >= 0.6 is 0 Å². The summed E-state index contributed by atoms with van der Waals surface area (Å²) in [5, 5.41) is 5.55. The average molecular weight is 425 g/mol. The topological polar surface area (TPSA) is 76.7 Å². The molecular weight excluding hydrogens is 392 g/mol. The molecule has 0 heterocycles. The highest BCUT2D eigenvalue weighted by molar-refractivity contribution is 5.79. The van der Waals surface area contributed by atoms with Crippen molar-refractivity contribution >= 4 is 12.2 Å². The van der Waals surface area contributed by atoms with Crippen LogP contribution in [0.5, 0.6) is 0 Å². The minimum absolute atomic E-state index is 0.0667. The van der Waals surface area contributed by atoms with Gasteiger partial charge >= 0.3 is 12.2 Å². The largest absolute Gasteiger partial charge is 0.449 e. The predicted octanol–water partition coefficient (Wildman–Crippen LogP) is 5.22. The van der Waals surface area contributed by atoms with Crippen LogP contribution in [0.1, 0.15) is 57.1 Å². The Balaban J connectivity index is 1.33. The van der Waals surface area contributed by atoms with E-state index < -0.39 is 17.8 Å². The molecule has 6 heteroatoms. The molecule has 166 valence electrons. The van der Waals surface area contributed by atoms with E-state index in [1.807, 2.05) is 45.0 Å². The molecule has 1 aliphatic rings. The van der Waals surface area contributed by atoms with E-state index in [4.69, 9.17) is 9.47 Å². The third-order valence-corrected chi connectivity index (χ3v) is 5.13. The van der Waals surface area contributed by atoms with E-state index in [9.17, 15) is 9.59 Å². The fourth-order valence-electron chi connectivity index (χ4n) is 3.77. The van der Waals surface area contributed by atoms with Gasteiger partial charge in [-0.2, -0.15) is 0 Å². The number of carbonyl (C=O) groups excluding carboxylic acids is 2. The Labute approximate surface area is 184 Å². The zero-order chi connectivity index (χ0) is 22.3. The molecule has 31 heavy (non-hydrogen) atoms. The van der Waals surface area contributed by atoms with Crippen molar-refractivity contribution in [2.75, 3.05) is 19.7 Å². The van der Waals surface area contributed by atoms with Gasteiger partial charge in [-0.05, 0) is 62.3 Å². The lowest BCUT2D eigenvalue weighted by molar-refractivity contribution is 0.0527. The Hall–Kier alpha value is -3.02. The monoisotopic (exact) mass is 424 g/mol. The summed E-state index contributed by atoms with van der Waals surface area (Å²) in [6, 6.07) is 16.6. The van der Waals surface area contributed by atoms with Crippen molar-refractivity contribution in [3.8, 4) is 11.1 Å². The van der Waals surface area contributed by atoms with Gasteiger partial charge in [0.2, 0.25) is 0 Å². The van der Waals surface area contributed by atoms with Gasteiger partial charge in [-0.15, -0.1) is 0 Å². The Morgan fingerprint density at radius 1 is 0.806 bits per heavy atom. The number of nitrogens with one attached hydrogen (secondary N) is 2. The van der Waals surface area contributed by atoms with Gasteiger partial charge in [0.1, 0.15) is 12.2 Å². The van der Waals surface area contributed by atoms with Gasteiger partial charge in [0.15, 0.2) is 0 Å². The highest BCUT2D eigenvalue weighted by Gasteiger charge is 2.28. The second-order valence-corrected chi connectivity index (χ2v) is 8.74. The second-order valence-electron chi connectivity index (χ2n) is 8.74. The number of benzene rings is 2. The maximum atomic E-state index is 12.1. The predicted molar refractivity (Wildman–Crippen MR) is 121 cm³/mol. The third-order valence-electron chi connectivity index (χ3n) is 5.13. The number of carbonyl (C=O) groups is 2. The first-order chi connectivity index (χ1) is 14.8. The van der Waals surface area contributed by atoms with Crippen LogP contribution in [0.25, 0.3) is 11.1 Å². The van der Waals surface area contributed by atoms with Gasteiger partial charge in [-0.25, -0.2) is 9.59 Å². The highest BCUT2D eigenvalue weighted by atomic mass is 16.6. The third kappa shape index (κ3) is 6.48. The zero-order valence-electron chi connectivity index (χ0n) is 18.6. The molecule has 0 aromatic heterocycles. The Morgan fingerprint density at radius 3 is 1.87 bits per heavy atom. The first-order valence-electron chi connectivity index (χ1n) is 10.9. The Morgan fingerprint density at radius 2 is 1.32 bits per heavy atom. The SMILES string of the molecule is CC(C)(C)OC(=O)NCCCCCNC(=O)OCC1c2ccccc2-c2ccccc21. The molecule has 2 N–H and O–H groups in total. The van der Waals surface area contributed by atoms with E-state index in [2.05, 4.69) is 34.9 Å². The number of amides is 2. The van der Waals surface area contributed by atoms with Crippen molar-refractivity contribution in [1.29, 1.82) is 0 Å². The molecule has 0 fully saturated rings. The van der Waals surface area contributed by atoms with Crippen LogP contribution in [0.3, 0.4) is 0 Å². The molecule has 1 aliphatic carbocycles. The summed E-state index contributed by atoms with van der Waals surface area (Å²) >= 11 is 0. The van der Waals surface area contributed by atoms with Crippen LogP contribution < -0.4 is 10.6 Å². The van der Waals surface area contributed by atoms with Gasteiger partial charge in [-0.3, -0.25) is 0 Å². The molecule has 6 nitrogen and oxygen atoms in total. The van der Waals surface area contributed by atoms with E-state index in [0.29, 0.717) is 19.7 Å². The molecule has 0 spiro atoms. The summed E-state index contributed by atoms with van der Waals surface area (Å²) < 4.78 is 10.7. The van der Waals surface area contributed by atoms with Crippen LogP contribution in [0.15, 0.2) is 48.5 Å². The van der Waals surface area contributed by atoms with Gasteiger partial charge in [0.05, 0.1) is 0 Å². The maximum absolute atomic E-state index is 12.1. The van der Waals surface area contributed by atoms with E-state index in [1.54, 1.807) is 0 Å². The summed E-state index contributed by atoms with van der Waals surface area (Å²) in [6.45, 7) is 6.92. The lowest BCUT2D eigenvalue weighted by Crippen LogP contribution is -2.33. The summed E-state index contributed by atoms with van der Waals surface area (Å²) in [5.41, 5.74) is 4.35. The van der Waals surface area contributed by atoms with Crippen molar-refractivity contribution < 1.29 is 19.1 Å². The lowest BCUT2D eigenvalue weighted by Gasteiger charge is -2.19. The Kier molecular flexibility index (Phi) is 7.55. The second kappa shape index (κ2) is 10.3. The summed E-state index contributed by atoms with van der Waals surface area (Å²) in [6.07, 6.45) is 1.74. The first kappa shape index (κ1) is 22.7. The van der Waals surface area contributed by atoms with Gasteiger partial charge in [0.25, 0.3) is 0 Å². The smallest absolute Gasteiger partial charge is 0.407 e. The van der Waals surface area contributed by atoms with Crippen LogP contribution in [0.4, 0.5) is 9.59 Å². The number of hydrogen-bond acceptors (Lipinski definition) is 4. The molecule has 3 rings (SSSR count). The number of fused-ring (bicyclic) bond motifs is 3. The van der Waals surface area contributed by atoms with Crippen molar-refractivity contribution in [1.82, 2.24) is 10.6 Å². The van der Waals surface area contributed by atoms with Crippen LogP contribution in [0.2, 0.25) is 0 Å². The normalized spacial score (nSPS) is 12.6. The van der Waals surface area contributed by atoms with Crippen LogP contribution in [-0.2, 0) is 9.47 Å². The quantitative estimate of drug-likeness (QED) is 0.570. The van der Waals surface area contributed by atoms with E-state index >= 15 is 0 Å². The standard InChI is InChI=1S/C25H32N2O4/c1-25(2,3)31-24(29)27-16-10-4-9-15-26-23(28)30-17-22-20-13-7-5-11-18(20)19-12-6-8-14-21(19)22/h5-8,11-14,22H,4,9-10,15-17H2,1-3H3,(H,26,28)(H,27,29). The molecule has 2 aromatic rings. The minimum atomic E-state index is -0.489. The van der Waals surface area contributed by atoms with E-state index in [0.717, 1.165) is 19.3 Å². The first-order valence-corrected chi connectivity index (χ1v) is 10.9. The number of hydrogen-bond donors (Lipinski definition) is 2. The van der Waals surface area contributed by atoms with Crippen molar-refractivity contribution in [2.45, 2.75) is 51.6 Å². The fraction of sp³-hybridized carbons (Fsp3) is 0.440. The fourth-order valence-corrected chi connectivity index (χ4v) is 3.77. The molecule has 0 atom stereocenters. The molecule has 0 radical (unpaired) electrons. The Bertz CT molecular complexity index is 859. The maximum Gasteiger partial charge on any atom is 0.407 e. The average Bonchev–Trinajstić information content (AvgIpc) is 3.04. The van der Waals surface area contributed by atoms with Gasteiger partial charge in [0, 0.05) is 19.0 Å². The minimum Gasteiger partial charge on any atom is -0.449 e. The number of unbranched alkanes of at least 4 members (excludes halogenated alkanes) is 2. The number of alkyl carbamates (subject to hydrolysis) is 2. The molecule has 0 unspecified atom stereocenters. The number of rotatable bonds is 8. The summed E-state index contributed by atoms with van der Waals surface area (Å²) in [5.74, 6) is 0.0667. The molecule has 2 amide bonds. The molecular formula is C25H32N2O4. The molecule has 0 aliphatic heterocycles. The van der Waals surface area contributed by atoms with E-state index in [-0.39, 0.29) is 5.92 Å². The summed E-state index contributed by atoms with van der Waals surface area (Å²) in [4.78, 5) is 23.7. The molecule has 0 saturated heterocycles. The van der Waals surface area contributed by atoms with Crippen molar-refractivity contribution in [3.63, 3.8) is 0 Å². The molecule has 0 bridgehead atoms. The van der Waals surface area contributed by atoms with E-state index in [1.165, 1.54) is 22.3 Å². The summed E-state index contributed by atoms with van der Waals surface area (Å²) in [7, 11) is 0. The highest BCUT2D eigenvalue weighted by Crippen LogP contribution is 2.44. The lowest BCUT2D eigenvalue weighted by atomic mass is 9.98. The number of ether oxygens (including phenoxy) is 2.